The van der Waals surface area contributed by atoms with Gasteiger partial charge in [0.25, 0.3) is 0 Å². The number of rotatable bonds is 10. The number of methoxy groups -OCH3 is 1. The quantitative estimate of drug-likeness (QED) is 0.622. The molecule has 0 atom stereocenters. The Bertz CT molecular complexity index is 474. The van der Waals surface area contributed by atoms with Gasteiger partial charge in [-0.25, -0.2) is 13.1 Å². The maximum Gasteiger partial charge on any atom is 0.240 e. The SMILES string of the molecule is COCCOc1ccc(S(=O)(=O)NCCCCN)cc1. The highest BCUT2D eigenvalue weighted by molar-refractivity contribution is 7.89. The summed E-state index contributed by atoms with van der Waals surface area (Å²) in [5.41, 5.74) is 5.36. The van der Waals surface area contributed by atoms with Crippen LogP contribution in [-0.4, -0.2) is 41.8 Å². The Morgan fingerprint density at radius 1 is 1.15 bits per heavy atom. The fraction of sp³-hybridized carbons (Fsp3) is 0.538. The maximum absolute atomic E-state index is 12.0. The third kappa shape index (κ3) is 5.87. The first-order chi connectivity index (χ1) is 9.60. The molecule has 0 fully saturated rings. The van der Waals surface area contributed by atoms with E-state index in [0.29, 0.717) is 32.1 Å². The average molecular weight is 302 g/mol. The molecule has 7 heteroatoms. The van der Waals surface area contributed by atoms with Crippen LogP contribution in [0.5, 0.6) is 5.75 Å². The number of benzene rings is 1. The van der Waals surface area contributed by atoms with Gasteiger partial charge in [-0.1, -0.05) is 0 Å². The highest BCUT2D eigenvalue weighted by Crippen LogP contribution is 2.15. The molecule has 1 aromatic rings. The lowest BCUT2D eigenvalue weighted by Gasteiger charge is -2.08. The van der Waals surface area contributed by atoms with Crippen LogP contribution in [0.3, 0.4) is 0 Å². The Labute approximate surface area is 120 Å². The number of ether oxygens (including phenoxy) is 2. The molecule has 0 aliphatic rings. The molecule has 20 heavy (non-hydrogen) atoms. The van der Waals surface area contributed by atoms with E-state index < -0.39 is 10.0 Å². The zero-order chi connectivity index (χ0) is 14.8. The van der Waals surface area contributed by atoms with Crippen molar-refractivity contribution in [1.29, 1.82) is 0 Å². The Hall–Kier alpha value is -1.15. The summed E-state index contributed by atoms with van der Waals surface area (Å²) in [4.78, 5) is 0.226. The molecule has 6 nitrogen and oxygen atoms in total. The first kappa shape index (κ1) is 16.9. The molecule has 0 saturated carbocycles. The van der Waals surface area contributed by atoms with Gasteiger partial charge in [0.1, 0.15) is 12.4 Å². The molecule has 0 bridgehead atoms. The van der Waals surface area contributed by atoms with Gasteiger partial charge in [0, 0.05) is 13.7 Å². The van der Waals surface area contributed by atoms with Crippen molar-refractivity contribution in [2.24, 2.45) is 5.73 Å². The molecule has 0 radical (unpaired) electrons. The van der Waals surface area contributed by atoms with Crippen LogP contribution in [0.25, 0.3) is 0 Å². The first-order valence-corrected chi connectivity index (χ1v) is 8.00. The van der Waals surface area contributed by atoms with Crippen LogP contribution in [0.1, 0.15) is 12.8 Å². The van der Waals surface area contributed by atoms with Gasteiger partial charge in [0.2, 0.25) is 10.0 Å². The van der Waals surface area contributed by atoms with Crippen molar-refractivity contribution < 1.29 is 17.9 Å². The largest absolute Gasteiger partial charge is 0.491 e. The van der Waals surface area contributed by atoms with E-state index in [9.17, 15) is 8.42 Å². The lowest BCUT2D eigenvalue weighted by atomic mass is 10.3. The Balaban J connectivity index is 2.53. The minimum absolute atomic E-state index is 0.226. The molecule has 1 aromatic carbocycles. The number of nitrogens with two attached hydrogens (primary N) is 1. The van der Waals surface area contributed by atoms with E-state index in [4.69, 9.17) is 15.2 Å². The Morgan fingerprint density at radius 3 is 2.45 bits per heavy atom. The molecule has 0 aliphatic carbocycles. The van der Waals surface area contributed by atoms with Crippen LogP contribution in [-0.2, 0) is 14.8 Å². The van der Waals surface area contributed by atoms with Crippen molar-refractivity contribution in [3.8, 4) is 5.75 Å². The number of hydrogen-bond acceptors (Lipinski definition) is 5. The highest BCUT2D eigenvalue weighted by Gasteiger charge is 2.12. The predicted molar refractivity (Wildman–Crippen MR) is 77.3 cm³/mol. The standard InChI is InChI=1S/C13H22N2O4S/c1-18-10-11-19-12-4-6-13(7-5-12)20(16,17)15-9-3-2-8-14/h4-7,15H,2-3,8-11,14H2,1H3. The zero-order valence-corrected chi connectivity index (χ0v) is 12.5. The summed E-state index contributed by atoms with van der Waals surface area (Å²) in [6.45, 7) is 1.88. The van der Waals surface area contributed by atoms with Crippen LogP contribution in [0.2, 0.25) is 0 Å². The van der Waals surface area contributed by atoms with E-state index in [1.165, 1.54) is 12.1 Å². The molecule has 0 aromatic heterocycles. The zero-order valence-electron chi connectivity index (χ0n) is 11.7. The van der Waals surface area contributed by atoms with Crippen molar-refractivity contribution in [3.63, 3.8) is 0 Å². The Morgan fingerprint density at radius 2 is 1.85 bits per heavy atom. The lowest BCUT2D eigenvalue weighted by molar-refractivity contribution is 0.146. The summed E-state index contributed by atoms with van der Waals surface area (Å²) < 4.78 is 36.7. The maximum atomic E-state index is 12.0. The van der Waals surface area contributed by atoms with Gasteiger partial charge in [-0.3, -0.25) is 0 Å². The second kappa shape index (κ2) is 8.91. The van der Waals surface area contributed by atoms with Crippen molar-refractivity contribution in [3.05, 3.63) is 24.3 Å². The number of hydrogen-bond donors (Lipinski definition) is 2. The summed E-state index contributed by atoms with van der Waals surface area (Å²) in [7, 11) is -1.86. The second-order valence-electron chi connectivity index (χ2n) is 4.21. The van der Waals surface area contributed by atoms with Gasteiger partial charge in [0.15, 0.2) is 0 Å². The fourth-order valence-corrected chi connectivity index (χ4v) is 2.59. The van der Waals surface area contributed by atoms with E-state index in [2.05, 4.69) is 4.72 Å². The van der Waals surface area contributed by atoms with Gasteiger partial charge in [-0.05, 0) is 43.7 Å². The summed E-state index contributed by atoms with van der Waals surface area (Å²) >= 11 is 0. The normalized spacial score (nSPS) is 11.5. The van der Waals surface area contributed by atoms with Crippen molar-refractivity contribution >= 4 is 10.0 Å². The molecule has 0 aliphatic heterocycles. The van der Waals surface area contributed by atoms with Crippen molar-refractivity contribution in [1.82, 2.24) is 4.72 Å². The van der Waals surface area contributed by atoms with Crippen LogP contribution in [0.15, 0.2) is 29.2 Å². The second-order valence-corrected chi connectivity index (χ2v) is 5.97. The van der Waals surface area contributed by atoms with Crippen LogP contribution in [0, 0.1) is 0 Å². The average Bonchev–Trinajstić information content (AvgIpc) is 2.45. The molecule has 0 spiro atoms. The van der Waals surface area contributed by atoms with Crippen molar-refractivity contribution in [2.75, 3.05) is 33.4 Å². The van der Waals surface area contributed by atoms with E-state index in [1.54, 1.807) is 19.2 Å². The molecular formula is C13H22N2O4S. The van der Waals surface area contributed by atoms with Gasteiger partial charge in [-0.2, -0.15) is 0 Å². The molecule has 1 rings (SSSR count). The van der Waals surface area contributed by atoms with E-state index >= 15 is 0 Å². The first-order valence-electron chi connectivity index (χ1n) is 6.51. The summed E-state index contributed by atoms with van der Waals surface area (Å²) in [6.07, 6.45) is 1.53. The molecular weight excluding hydrogens is 280 g/mol. The van der Waals surface area contributed by atoms with Crippen LogP contribution >= 0.6 is 0 Å². The summed E-state index contributed by atoms with van der Waals surface area (Å²) in [6, 6.07) is 6.30. The van der Waals surface area contributed by atoms with Crippen LogP contribution < -0.4 is 15.2 Å². The lowest BCUT2D eigenvalue weighted by Crippen LogP contribution is -2.25. The molecule has 114 valence electrons. The van der Waals surface area contributed by atoms with Gasteiger partial charge in [-0.15, -0.1) is 0 Å². The van der Waals surface area contributed by atoms with Gasteiger partial charge >= 0.3 is 0 Å². The predicted octanol–water partition coefficient (Wildman–Crippen LogP) is 0.729. The smallest absolute Gasteiger partial charge is 0.240 e. The molecule has 0 saturated heterocycles. The monoisotopic (exact) mass is 302 g/mol. The number of nitrogens with one attached hydrogen (secondary N) is 1. The van der Waals surface area contributed by atoms with Crippen molar-refractivity contribution in [2.45, 2.75) is 17.7 Å². The number of sulfonamides is 1. The summed E-state index contributed by atoms with van der Waals surface area (Å²) in [5, 5.41) is 0. The Kier molecular flexibility index (Phi) is 7.53. The topological polar surface area (TPSA) is 90.6 Å². The van der Waals surface area contributed by atoms with E-state index in [0.717, 1.165) is 12.8 Å². The third-order valence-electron chi connectivity index (χ3n) is 2.61. The minimum Gasteiger partial charge on any atom is -0.491 e. The van der Waals surface area contributed by atoms with Crippen LogP contribution in [0.4, 0.5) is 0 Å². The minimum atomic E-state index is -3.45. The highest BCUT2D eigenvalue weighted by atomic mass is 32.2. The number of unbranched alkanes of at least 4 members (excludes halogenated alkanes) is 1. The van der Waals surface area contributed by atoms with Gasteiger partial charge < -0.3 is 15.2 Å². The molecule has 3 N–H and O–H groups in total. The van der Waals surface area contributed by atoms with E-state index in [1.807, 2.05) is 0 Å². The van der Waals surface area contributed by atoms with E-state index in [-0.39, 0.29) is 4.90 Å². The third-order valence-corrected chi connectivity index (χ3v) is 4.09. The fourth-order valence-electron chi connectivity index (χ4n) is 1.52. The molecule has 0 amide bonds. The molecule has 0 unspecified atom stereocenters. The van der Waals surface area contributed by atoms with Gasteiger partial charge in [0.05, 0.1) is 11.5 Å². The molecule has 0 heterocycles. The summed E-state index contributed by atoms with van der Waals surface area (Å²) in [5.74, 6) is 0.615.